The summed E-state index contributed by atoms with van der Waals surface area (Å²) in [5.74, 6) is 0.756. The summed E-state index contributed by atoms with van der Waals surface area (Å²) in [6, 6.07) is 5.92. The molecule has 0 amide bonds. The zero-order valence-electron chi connectivity index (χ0n) is 10.8. The summed E-state index contributed by atoms with van der Waals surface area (Å²) < 4.78 is 2.34. The van der Waals surface area contributed by atoms with Crippen LogP contribution in [-0.4, -0.2) is 19.9 Å². The normalized spacial score (nSPS) is 10.7. The van der Waals surface area contributed by atoms with Gasteiger partial charge in [-0.1, -0.05) is 0 Å². The van der Waals surface area contributed by atoms with E-state index >= 15 is 0 Å². The number of aromatic amines is 1. The molecule has 0 fully saturated rings. The first-order chi connectivity index (χ1) is 9.75. The molecule has 0 saturated carbocycles. The largest absolute Gasteiger partial charge is 0.317 e. The summed E-state index contributed by atoms with van der Waals surface area (Å²) in [7, 11) is 0. The van der Waals surface area contributed by atoms with Crippen LogP contribution in [0, 0.1) is 11.7 Å². The molecule has 0 radical (unpaired) electrons. The topological polar surface area (TPSA) is 58.5 Å². The molecule has 20 heavy (non-hydrogen) atoms. The van der Waals surface area contributed by atoms with E-state index in [1.165, 1.54) is 10.4 Å². The van der Waals surface area contributed by atoms with E-state index in [1.807, 2.05) is 12.1 Å². The smallest absolute Gasteiger partial charge is 0.214 e. The monoisotopic (exact) mass is 303 g/mol. The van der Waals surface area contributed by atoms with Crippen LogP contribution < -0.4 is 5.43 Å². The number of hydrogen-bond acceptors (Lipinski definition) is 5. The minimum absolute atomic E-state index is 0.547. The Morgan fingerprint density at radius 1 is 1.35 bits per heavy atom. The van der Waals surface area contributed by atoms with E-state index in [-0.39, 0.29) is 0 Å². The molecule has 3 aromatic rings. The molecule has 0 atom stereocenters. The standard InChI is InChI=1S/C13H13N5S2/c1-9-4-7-20-11(9)8-15-18-12(16-17-13(18)19)10-2-5-14-6-3-10/h2-7,15H,8H2,1H3,(H,17,19). The maximum atomic E-state index is 5.27. The Hall–Kier alpha value is -1.99. The van der Waals surface area contributed by atoms with E-state index < -0.39 is 0 Å². The van der Waals surface area contributed by atoms with Crippen LogP contribution in [0.1, 0.15) is 10.4 Å². The zero-order chi connectivity index (χ0) is 13.9. The molecular weight excluding hydrogens is 290 g/mol. The number of aromatic nitrogens is 4. The highest BCUT2D eigenvalue weighted by molar-refractivity contribution is 7.71. The second-order valence-electron chi connectivity index (χ2n) is 4.29. The maximum Gasteiger partial charge on any atom is 0.214 e. The average Bonchev–Trinajstić information content (AvgIpc) is 3.04. The number of thiophene rings is 1. The molecule has 0 spiro atoms. The van der Waals surface area contributed by atoms with Gasteiger partial charge in [0.05, 0.1) is 6.54 Å². The third kappa shape index (κ3) is 2.50. The third-order valence-electron chi connectivity index (χ3n) is 2.98. The summed E-state index contributed by atoms with van der Waals surface area (Å²) in [6.45, 7) is 2.82. The van der Waals surface area contributed by atoms with Gasteiger partial charge in [-0.3, -0.25) is 4.98 Å². The van der Waals surface area contributed by atoms with Gasteiger partial charge in [0.1, 0.15) is 0 Å². The molecule has 0 aliphatic rings. The molecule has 3 aromatic heterocycles. The predicted octanol–water partition coefficient (Wildman–Crippen LogP) is 3.12. The summed E-state index contributed by atoms with van der Waals surface area (Å²) in [5, 5.41) is 9.17. The molecule has 0 bridgehead atoms. The summed E-state index contributed by atoms with van der Waals surface area (Å²) >= 11 is 7.00. The van der Waals surface area contributed by atoms with Gasteiger partial charge in [0, 0.05) is 22.8 Å². The number of nitrogens with zero attached hydrogens (tertiary/aromatic N) is 3. The molecule has 0 saturated heterocycles. The zero-order valence-corrected chi connectivity index (χ0v) is 12.5. The van der Waals surface area contributed by atoms with Crippen molar-refractivity contribution in [3.8, 4) is 11.4 Å². The highest BCUT2D eigenvalue weighted by atomic mass is 32.1. The molecule has 0 aliphatic carbocycles. The lowest BCUT2D eigenvalue weighted by atomic mass is 10.2. The van der Waals surface area contributed by atoms with Gasteiger partial charge in [-0.05, 0) is 48.3 Å². The molecule has 0 unspecified atom stereocenters. The van der Waals surface area contributed by atoms with E-state index in [0.717, 1.165) is 17.9 Å². The number of pyridine rings is 1. The highest BCUT2D eigenvalue weighted by Gasteiger charge is 2.09. The third-order valence-corrected chi connectivity index (χ3v) is 4.27. The minimum atomic E-state index is 0.547. The van der Waals surface area contributed by atoms with Crippen molar-refractivity contribution in [2.24, 2.45) is 0 Å². The van der Waals surface area contributed by atoms with Crippen LogP contribution in [0.4, 0.5) is 0 Å². The Balaban J connectivity index is 1.89. The van der Waals surface area contributed by atoms with Gasteiger partial charge in [-0.25, -0.2) is 9.77 Å². The average molecular weight is 303 g/mol. The van der Waals surface area contributed by atoms with Crippen LogP contribution in [-0.2, 0) is 6.54 Å². The van der Waals surface area contributed by atoms with Gasteiger partial charge in [0.25, 0.3) is 0 Å². The van der Waals surface area contributed by atoms with E-state index in [1.54, 1.807) is 28.4 Å². The lowest BCUT2D eigenvalue weighted by Gasteiger charge is -2.09. The number of H-pyrrole nitrogens is 1. The number of hydrogen-bond donors (Lipinski definition) is 2. The fourth-order valence-corrected chi connectivity index (χ4v) is 2.91. The molecule has 3 rings (SSSR count). The van der Waals surface area contributed by atoms with Crippen LogP contribution in [0.25, 0.3) is 11.4 Å². The Morgan fingerprint density at radius 2 is 2.15 bits per heavy atom. The lowest BCUT2D eigenvalue weighted by molar-refractivity contribution is 0.836. The van der Waals surface area contributed by atoms with Crippen molar-refractivity contribution in [1.29, 1.82) is 0 Å². The van der Waals surface area contributed by atoms with Crippen LogP contribution >= 0.6 is 23.6 Å². The minimum Gasteiger partial charge on any atom is -0.317 e. The van der Waals surface area contributed by atoms with Crippen molar-refractivity contribution in [1.82, 2.24) is 19.9 Å². The van der Waals surface area contributed by atoms with Gasteiger partial charge >= 0.3 is 0 Å². The fourth-order valence-electron chi connectivity index (χ4n) is 1.87. The number of aryl methyl sites for hydroxylation is 1. The second-order valence-corrected chi connectivity index (χ2v) is 5.67. The summed E-state index contributed by atoms with van der Waals surface area (Å²) in [6.07, 6.45) is 3.47. The van der Waals surface area contributed by atoms with Crippen molar-refractivity contribution >= 4 is 23.6 Å². The molecular formula is C13H13N5S2. The van der Waals surface area contributed by atoms with Crippen LogP contribution in [0.2, 0.25) is 0 Å². The van der Waals surface area contributed by atoms with Crippen molar-refractivity contribution < 1.29 is 0 Å². The molecule has 0 aromatic carbocycles. The summed E-state index contributed by atoms with van der Waals surface area (Å²) in [5.41, 5.74) is 5.55. The molecule has 3 heterocycles. The SMILES string of the molecule is Cc1ccsc1CNn1c(-c2ccncc2)n[nH]c1=S. The number of nitrogens with one attached hydrogen (secondary N) is 2. The second kappa shape index (κ2) is 5.56. The first-order valence-corrected chi connectivity index (χ1v) is 7.39. The summed E-state index contributed by atoms with van der Waals surface area (Å²) in [4.78, 5) is 5.30. The van der Waals surface area contributed by atoms with Crippen LogP contribution in [0.5, 0.6) is 0 Å². The molecule has 7 heteroatoms. The van der Waals surface area contributed by atoms with Gasteiger partial charge in [0.15, 0.2) is 5.82 Å². The van der Waals surface area contributed by atoms with Crippen molar-refractivity contribution in [2.75, 3.05) is 5.43 Å². The van der Waals surface area contributed by atoms with Gasteiger partial charge in [-0.15, -0.1) is 11.3 Å². The first-order valence-electron chi connectivity index (χ1n) is 6.10. The Morgan fingerprint density at radius 3 is 2.85 bits per heavy atom. The van der Waals surface area contributed by atoms with Gasteiger partial charge in [0.2, 0.25) is 4.77 Å². The van der Waals surface area contributed by atoms with Crippen molar-refractivity contribution in [3.05, 3.63) is 51.2 Å². The maximum absolute atomic E-state index is 5.27. The molecule has 0 aliphatic heterocycles. The van der Waals surface area contributed by atoms with Crippen LogP contribution in [0.15, 0.2) is 36.0 Å². The van der Waals surface area contributed by atoms with E-state index in [2.05, 4.69) is 39.0 Å². The van der Waals surface area contributed by atoms with E-state index in [0.29, 0.717) is 4.77 Å². The lowest BCUT2D eigenvalue weighted by Crippen LogP contribution is -2.15. The van der Waals surface area contributed by atoms with E-state index in [9.17, 15) is 0 Å². The van der Waals surface area contributed by atoms with Crippen molar-refractivity contribution in [3.63, 3.8) is 0 Å². The number of rotatable bonds is 4. The Kier molecular flexibility index (Phi) is 3.62. The highest BCUT2D eigenvalue weighted by Crippen LogP contribution is 2.18. The molecule has 102 valence electrons. The first kappa shape index (κ1) is 13.0. The van der Waals surface area contributed by atoms with Gasteiger partial charge in [-0.2, -0.15) is 5.10 Å². The Labute approximate surface area is 125 Å². The Bertz CT molecular complexity index is 756. The molecule has 2 N–H and O–H groups in total. The van der Waals surface area contributed by atoms with Crippen molar-refractivity contribution in [2.45, 2.75) is 13.5 Å². The fraction of sp³-hybridized carbons (Fsp3) is 0.154. The van der Waals surface area contributed by atoms with Crippen LogP contribution in [0.3, 0.4) is 0 Å². The van der Waals surface area contributed by atoms with Gasteiger partial charge < -0.3 is 5.43 Å². The quantitative estimate of drug-likeness (QED) is 0.727. The van der Waals surface area contributed by atoms with E-state index in [4.69, 9.17) is 12.2 Å². The molecule has 5 nitrogen and oxygen atoms in total. The predicted molar refractivity (Wildman–Crippen MR) is 82.8 cm³/mol.